The van der Waals surface area contributed by atoms with E-state index in [4.69, 9.17) is 0 Å². The Balaban J connectivity index is 1.52. The van der Waals surface area contributed by atoms with Gasteiger partial charge in [-0.3, -0.25) is 9.69 Å². The van der Waals surface area contributed by atoms with E-state index in [9.17, 15) is 13.2 Å². The average molecular weight is 645 g/mol. The molecule has 47 heavy (non-hydrogen) atoms. The number of carbonyl (C=O) groups is 1. The smallest absolute Gasteiger partial charge is 0.262 e. The molecular weight excluding hydrogens is 605 g/mol. The number of hydrogen-bond donors (Lipinski definition) is 0. The second-order valence-electron chi connectivity index (χ2n) is 11.3. The Kier molecular flexibility index (Phi) is 9.05. The van der Waals surface area contributed by atoms with E-state index in [1.807, 2.05) is 30.3 Å². The first-order chi connectivity index (χ1) is 22.8. The number of anilines is 7. The van der Waals surface area contributed by atoms with E-state index < -0.39 is 9.84 Å². The van der Waals surface area contributed by atoms with E-state index in [1.165, 1.54) is 12.1 Å². The van der Waals surface area contributed by atoms with Crippen molar-refractivity contribution in [3.8, 4) is 0 Å². The lowest BCUT2D eigenvalue weighted by Gasteiger charge is -2.40. The first-order valence-corrected chi connectivity index (χ1v) is 17.7. The third-order valence-electron chi connectivity index (χ3n) is 8.82. The Bertz CT molecular complexity index is 1910. The molecule has 0 fully saturated rings. The molecule has 0 N–H and O–H groups in total. The van der Waals surface area contributed by atoms with Crippen molar-refractivity contribution in [2.24, 2.45) is 0 Å². The topological polar surface area (TPSA) is 64.2 Å². The number of sulfone groups is 1. The largest absolute Gasteiger partial charge is 0.372 e. The van der Waals surface area contributed by atoms with E-state index in [1.54, 1.807) is 47.4 Å². The molecule has 8 heteroatoms. The Morgan fingerprint density at radius 2 is 1.00 bits per heavy atom. The molecule has 0 aliphatic carbocycles. The lowest BCUT2D eigenvalue weighted by Crippen LogP contribution is -2.33. The molecule has 1 amide bonds. The number of fused-ring (bicyclic) bond motifs is 2. The Hall–Kier alpha value is -5.08. The monoisotopic (exact) mass is 644 g/mol. The van der Waals surface area contributed by atoms with Crippen LogP contribution in [0.3, 0.4) is 0 Å². The van der Waals surface area contributed by atoms with E-state index >= 15 is 0 Å². The SMILES string of the molecule is CCN(CC)c1ccc2c(c1)N(c1ccccc1)c1cc(N(CC)CC)ccc1N2C(=O)c1ccc(S(=O)(=O)c2ccccc2)cc1. The van der Waals surface area contributed by atoms with Crippen LogP contribution in [0, 0.1) is 0 Å². The predicted octanol–water partition coefficient (Wildman–Crippen LogP) is 8.97. The molecule has 0 saturated carbocycles. The number of amides is 1. The lowest BCUT2D eigenvalue weighted by molar-refractivity contribution is 0.0999. The van der Waals surface area contributed by atoms with Gasteiger partial charge >= 0.3 is 0 Å². The third-order valence-corrected chi connectivity index (χ3v) is 10.6. The maximum atomic E-state index is 14.6. The average Bonchev–Trinajstić information content (AvgIpc) is 3.12. The summed E-state index contributed by atoms with van der Waals surface area (Å²) in [6.45, 7) is 12.0. The summed E-state index contributed by atoms with van der Waals surface area (Å²) in [5.74, 6) is -0.241. The normalized spacial score (nSPS) is 12.3. The molecule has 0 saturated heterocycles. The van der Waals surface area contributed by atoms with Crippen LogP contribution >= 0.6 is 0 Å². The fraction of sp³-hybridized carbons (Fsp3) is 0.205. The molecule has 1 aliphatic heterocycles. The van der Waals surface area contributed by atoms with Gasteiger partial charge in [-0.05, 0) is 113 Å². The van der Waals surface area contributed by atoms with Crippen molar-refractivity contribution in [2.75, 3.05) is 45.8 Å². The molecular formula is C39H40N4O3S. The summed E-state index contributed by atoms with van der Waals surface area (Å²) in [5.41, 5.74) is 6.80. The van der Waals surface area contributed by atoms with Gasteiger partial charge in [0.25, 0.3) is 5.91 Å². The molecule has 0 bridgehead atoms. The van der Waals surface area contributed by atoms with Gasteiger partial charge in [0.05, 0.1) is 32.5 Å². The summed E-state index contributed by atoms with van der Waals surface area (Å²) in [6.07, 6.45) is 0. The number of para-hydroxylation sites is 1. The fourth-order valence-electron chi connectivity index (χ4n) is 6.31. The van der Waals surface area contributed by atoms with Crippen LogP contribution in [0.2, 0.25) is 0 Å². The number of hydrogen-bond acceptors (Lipinski definition) is 6. The van der Waals surface area contributed by atoms with Gasteiger partial charge in [0.2, 0.25) is 9.84 Å². The summed E-state index contributed by atoms with van der Waals surface area (Å²) < 4.78 is 26.6. The molecule has 5 aromatic rings. The van der Waals surface area contributed by atoms with Crippen molar-refractivity contribution in [1.29, 1.82) is 0 Å². The molecule has 0 spiro atoms. The molecule has 5 aromatic carbocycles. The van der Waals surface area contributed by atoms with Crippen LogP contribution in [0.5, 0.6) is 0 Å². The van der Waals surface area contributed by atoms with Crippen molar-refractivity contribution >= 4 is 55.6 Å². The minimum atomic E-state index is -3.72. The summed E-state index contributed by atoms with van der Waals surface area (Å²) >= 11 is 0. The summed E-state index contributed by atoms with van der Waals surface area (Å²) in [7, 11) is -3.72. The van der Waals surface area contributed by atoms with E-state index in [-0.39, 0.29) is 15.7 Å². The van der Waals surface area contributed by atoms with Crippen LogP contribution < -0.4 is 19.6 Å². The molecule has 7 nitrogen and oxygen atoms in total. The molecule has 0 unspecified atom stereocenters. The number of benzene rings is 5. The quantitative estimate of drug-likeness (QED) is 0.151. The van der Waals surface area contributed by atoms with E-state index in [0.29, 0.717) is 5.56 Å². The molecule has 240 valence electrons. The highest BCUT2D eigenvalue weighted by Gasteiger charge is 2.35. The third kappa shape index (κ3) is 5.85. The van der Waals surface area contributed by atoms with E-state index in [2.05, 4.69) is 78.8 Å². The molecule has 0 aromatic heterocycles. The van der Waals surface area contributed by atoms with Gasteiger partial charge < -0.3 is 14.7 Å². The number of rotatable bonds is 10. The highest BCUT2D eigenvalue weighted by molar-refractivity contribution is 7.91. The first-order valence-electron chi connectivity index (χ1n) is 16.2. The van der Waals surface area contributed by atoms with Gasteiger partial charge in [0.15, 0.2) is 0 Å². The van der Waals surface area contributed by atoms with E-state index in [0.717, 1.165) is 66.0 Å². The maximum Gasteiger partial charge on any atom is 0.262 e. The zero-order chi connectivity index (χ0) is 33.1. The van der Waals surface area contributed by atoms with Crippen molar-refractivity contribution in [3.05, 3.63) is 127 Å². The standard InChI is InChI=1S/C39H40N4O3S/c1-5-40(6-2)31-21-25-35-37(27-31)42(30-15-11-9-12-16-30)38-28-32(41(7-3)8-4)22-26-36(38)43(35)39(44)29-19-23-34(24-20-29)47(45,46)33-17-13-10-14-18-33/h9-28H,5-8H2,1-4H3. The minimum absolute atomic E-state index is 0.141. The van der Waals surface area contributed by atoms with Gasteiger partial charge in [-0.1, -0.05) is 36.4 Å². The highest BCUT2D eigenvalue weighted by Crippen LogP contribution is 2.53. The van der Waals surface area contributed by atoms with Crippen LogP contribution in [0.15, 0.2) is 131 Å². The molecule has 6 rings (SSSR count). The van der Waals surface area contributed by atoms with Crippen LogP contribution in [0.1, 0.15) is 38.1 Å². The number of carbonyl (C=O) groups excluding carboxylic acids is 1. The van der Waals surface area contributed by atoms with Gasteiger partial charge in [0, 0.05) is 48.8 Å². The number of nitrogens with zero attached hydrogens (tertiary/aromatic N) is 4. The zero-order valence-electron chi connectivity index (χ0n) is 27.3. The molecule has 1 heterocycles. The summed E-state index contributed by atoms with van der Waals surface area (Å²) in [5, 5.41) is 0. The Morgan fingerprint density at radius 3 is 1.47 bits per heavy atom. The van der Waals surface area contributed by atoms with Crippen molar-refractivity contribution in [1.82, 2.24) is 0 Å². The van der Waals surface area contributed by atoms with Crippen molar-refractivity contribution in [3.63, 3.8) is 0 Å². The van der Waals surface area contributed by atoms with Crippen LogP contribution in [-0.4, -0.2) is 40.5 Å². The van der Waals surface area contributed by atoms with Crippen LogP contribution in [-0.2, 0) is 9.84 Å². The van der Waals surface area contributed by atoms with Crippen molar-refractivity contribution < 1.29 is 13.2 Å². The summed E-state index contributed by atoms with van der Waals surface area (Å²) in [6, 6.07) is 37.3. The van der Waals surface area contributed by atoms with Crippen LogP contribution in [0.25, 0.3) is 0 Å². The molecule has 0 atom stereocenters. The van der Waals surface area contributed by atoms with Gasteiger partial charge in [-0.2, -0.15) is 0 Å². The highest BCUT2D eigenvalue weighted by atomic mass is 32.2. The van der Waals surface area contributed by atoms with Crippen molar-refractivity contribution in [2.45, 2.75) is 37.5 Å². The second kappa shape index (κ2) is 13.3. The molecule has 0 radical (unpaired) electrons. The van der Waals surface area contributed by atoms with Gasteiger partial charge in [0.1, 0.15) is 0 Å². The first kappa shape index (κ1) is 31.9. The van der Waals surface area contributed by atoms with Crippen LogP contribution in [0.4, 0.5) is 39.8 Å². The van der Waals surface area contributed by atoms with Gasteiger partial charge in [-0.15, -0.1) is 0 Å². The summed E-state index contributed by atoms with van der Waals surface area (Å²) in [4.78, 5) is 23.6. The zero-order valence-corrected chi connectivity index (χ0v) is 28.1. The van der Waals surface area contributed by atoms with Gasteiger partial charge in [-0.25, -0.2) is 8.42 Å². The maximum absolute atomic E-state index is 14.6. The second-order valence-corrected chi connectivity index (χ2v) is 13.3. The lowest BCUT2D eigenvalue weighted by atomic mass is 10.0. The Labute approximate surface area is 278 Å². The fourth-order valence-corrected chi connectivity index (χ4v) is 7.59. The predicted molar refractivity (Wildman–Crippen MR) is 193 cm³/mol. The minimum Gasteiger partial charge on any atom is -0.372 e. The molecule has 1 aliphatic rings. The Morgan fingerprint density at radius 1 is 0.553 bits per heavy atom.